The molecule has 0 unspecified atom stereocenters. The number of aromatic nitrogens is 6. The van der Waals surface area contributed by atoms with Gasteiger partial charge in [-0.25, -0.2) is 35.4 Å². The number of nitrogens with zero attached hydrogens (tertiary/aromatic N) is 6. The van der Waals surface area contributed by atoms with Crippen LogP contribution < -0.4 is 0 Å². The summed E-state index contributed by atoms with van der Waals surface area (Å²) in [5.74, 6) is 0. The maximum Gasteiger partial charge on any atom is 3.00 e. The Hall–Kier alpha value is -13.9. The molecule has 0 aliphatic carbocycles. The Labute approximate surface area is 703 Å². The summed E-state index contributed by atoms with van der Waals surface area (Å²) in [5.41, 5.74) is 35.9. The van der Waals surface area contributed by atoms with Gasteiger partial charge in [-0.1, -0.05) is 230 Å². The van der Waals surface area contributed by atoms with Gasteiger partial charge in [0.15, 0.2) is 0 Å². The second kappa shape index (κ2) is 34.2. The van der Waals surface area contributed by atoms with Crippen molar-refractivity contribution in [3.05, 3.63) is 438 Å². The van der Waals surface area contributed by atoms with Crippen molar-refractivity contribution in [1.82, 2.24) is 29.9 Å². The van der Waals surface area contributed by atoms with Gasteiger partial charge in [0.25, 0.3) is 0 Å². The van der Waals surface area contributed by atoms with Crippen LogP contribution in [0.2, 0.25) is 0 Å². The molecule has 0 aliphatic rings. The third kappa shape index (κ3) is 15.7. The van der Waals surface area contributed by atoms with Crippen molar-refractivity contribution in [3.8, 4) is 201 Å². The monoisotopic (exact) mass is 1830 g/mol. The van der Waals surface area contributed by atoms with E-state index in [1.54, 1.807) is 0 Å². The van der Waals surface area contributed by atoms with Crippen molar-refractivity contribution >= 4 is 0 Å². The quantitative estimate of drug-likeness (QED) is 0.0797. The first-order valence-electron chi connectivity index (χ1n) is 38.0. The van der Waals surface area contributed by atoms with Crippen molar-refractivity contribution in [1.29, 1.82) is 0 Å². The summed E-state index contributed by atoms with van der Waals surface area (Å²) < 4.78 is 0. The molecular weight excluding hydrogens is 1770 g/mol. The van der Waals surface area contributed by atoms with Gasteiger partial charge < -0.3 is 29.9 Å². The molecule has 6 aromatic heterocycles. The van der Waals surface area contributed by atoms with Crippen LogP contribution in [-0.2, 0) is 40.2 Å². The molecule has 0 N–H and O–H groups in total. The zero-order chi connectivity index (χ0) is 75.9. The standard InChI is InChI=1S/C108H66N6.2Ir/c1-5-25-73(26-6-1)103-55-49-79(67-109-103)91-33-13-19-39-97(91)85-61-86(98-40-20-14-34-92(98)80-50-56-104(110-68-80)74-27-7-2-8-28-74)64-89(63-85)101-43-23-17-37-95(101)83-53-59-107(113-71-83)77-45-47-78(48-46-77)108-60-54-84(72-114-108)96-38-18-24-44-102(96)90-65-87(99-41-21-15-35-93(99)81-51-57-105(111-69-81)75-29-9-3-10-30-75)62-88(66-90)100-42-22-16-36-94(100)82-52-58-106(112-70-82)76-31-11-4-12-32-76;;/h1-25,27,29,31,33-45,48-72H;;/q-6;2*+3. The number of hydrogen-bond donors (Lipinski definition) is 0. The van der Waals surface area contributed by atoms with Gasteiger partial charge in [0.05, 0.1) is 0 Å². The Morgan fingerprint density at radius 1 is 0.147 bits per heavy atom. The van der Waals surface area contributed by atoms with Gasteiger partial charge in [0.1, 0.15) is 0 Å². The van der Waals surface area contributed by atoms with Gasteiger partial charge in [-0.3, -0.25) is 0 Å². The van der Waals surface area contributed by atoms with E-state index in [0.29, 0.717) is 0 Å². The number of pyridine rings is 6. The Kier molecular flexibility index (Phi) is 22.0. The SMILES string of the molecule is [Ir+3].[Ir+3].[c-]1cc(-c2ccc(-c3ccccc3-c3cc(-c4ccccc4-c4ccc(-c5[c-]cccc5)nc4)cc(-c4ccccc4-c4ccc(-c5[c-]cccc5)nc4)c3)cn2)[c-]cc1-c1ccc(-c2ccccc2-c2cc(-c3ccccc3-c3ccc(-c4[c-]cccc4)nc3)cc(-c3ccccc3-c3ccc(-c4[c-]cccc4)nc3)c2)cn1. The van der Waals surface area contributed by atoms with Crippen LogP contribution in [0.15, 0.2) is 401 Å². The second-order valence-electron chi connectivity index (χ2n) is 28.0. The van der Waals surface area contributed by atoms with Crippen molar-refractivity contribution < 1.29 is 40.2 Å². The summed E-state index contributed by atoms with van der Waals surface area (Å²) in [6, 6.07) is 147. The van der Waals surface area contributed by atoms with Crippen LogP contribution in [0.25, 0.3) is 201 Å². The van der Waals surface area contributed by atoms with Gasteiger partial charge in [-0.05, 0) is 193 Å². The normalized spacial score (nSPS) is 11.0. The smallest absolute Gasteiger partial charge is 0.314 e. The molecule has 0 spiro atoms. The van der Waals surface area contributed by atoms with E-state index in [0.717, 1.165) is 201 Å². The molecule has 0 saturated carbocycles. The number of benzene rings is 13. The molecular formula is C108H66Ir2N6. The largest absolute Gasteiger partial charge is 3.00 e. The van der Waals surface area contributed by atoms with Crippen molar-refractivity contribution in [2.45, 2.75) is 0 Å². The summed E-state index contributed by atoms with van der Waals surface area (Å²) in [7, 11) is 0. The minimum Gasteiger partial charge on any atom is -0.314 e. The molecule has 0 atom stereocenters. The van der Waals surface area contributed by atoms with Crippen LogP contribution in [0.1, 0.15) is 0 Å². The van der Waals surface area contributed by atoms with E-state index >= 15 is 0 Å². The molecule has 0 fully saturated rings. The fourth-order valence-electron chi connectivity index (χ4n) is 15.3. The zero-order valence-electron chi connectivity index (χ0n) is 62.5. The fourth-order valence-corrected chi connectivity index (χ4v) is 15.3. The predicted molar refractivity (Wildman–Crippen MR) is 464 cm³/mol. The van der Waals surface area contributed by atoms with E-state index in [1.807, 2.05) is 146 Å². The topological polar surface area (TPSA) is 77.3 Å². The molecule has 13 aromatic carbocycles. The average Bonchev–Trinajstić information content (AvgIpc) is 0.769. The Balaban J connectivity index is 0.00000484. The maximum atomic E-state index is 5.13. The van der Waals surface area contributed by atoms with Gasteiger partial charge in [0.2, 0.25) is 0 Å². The minimum atomic E-state index is 0. The summed E-state index contributed by atoms with van der Waals surface area (Å²) in [6.45, 7) is 0. The predicted octanol–water partition coefficient (Wildman–Crippen LogP) is 26.9. The Morgan fingerprint density at radius 3 is 0.457 bits per heavy atom. The minimum absolute atomic E-state index is 0. The van der Waals surface area contributed by atoms with E-state index in [9.17, 15) is 0 Å². The van der Waals surface area contributed by atoms with Gasteiger partial charge >= 0.3 is 40.2 Å². The number of hydrogen-bond acceptors (Lipinski definition) is 6. The molecule has 0 saturated heterocycles. The van der Waals surface area contributed by atoms with Crippen LogP contribution in [0.3, 0.4) is 0 Å². The summed E-state index contributed by atoms with van der Waals surface area (Å²) in [5, 5.41) is 0. The maximum absolute atomic E-state index is 5.13. The summed E-state index contributed by atoms with van der Waals surface area (Å²) in [6.07, 6.45) is 11.8. The molecule has 6 nitrogen and oxygen atoms in total. The molecule has 0 aliphatic heterocycles. The molecule has 0 radical (unpaired) electrons. The first-order valence-corrected chi connectivity index (χ1v) is 38.0. The second-order valence-corrected chi connectivity index (χ2v) is 28.0. The number of rotatable bonds is 18. The van der Waals surface area contributed by atoms with Crippen LogP contribution in [0, 0.1) is 36.4 Å². The summed E-state index contributed by atoms with van der Waals surface area (Å²) in [4.78, 5) is 30.1. The van der Waals surface area contributed by atoms with Crippen LogP contribution in [0.4, 0.5) is 0 Å². The van der Waals surface area contributed by atoms with E-state index in [1.165, 1.54) is 0 Å². The molecule has 0 amide bonds. The first-order chi connectivity index (χ1) is 56.5. The molecule has 19 aromatic rings. The van der Waals surface area contributed by atoms with Crippen molar-refractivity contribution in [3.63, 3.8) is 0 Å². The van der Waals surface area contributed by atoms with Crippen LogP contribution in [0.5, 0.6) is 0 Å². The van der Waals surface area contributed by atoms with Crippen molar-refractivity contribution in [2.75, 3.05) is 0 Å². The molecule has 116 heavy (non-hydrogen) atoms. The Bertz CT molecular complexity index is 5930. The third-order valence-corrected chi connectivity index (χ3v) is 21.0. The molecule has 0 bridgehead atoms. The van der Waals surface area contributed by atoms with Gasteiger partial charge in [-0.15, -0.1) is 144 Å². The molecule has 546 valence electrons. The van der Waals surface area contributed by atoms with E-state index in [2.05, 4.69) is 291 Å². The third-order valence-electron chi connectivity index (χ3n) is 21.0. The Morgan fingerprint density at radius 2 is 0.310 bits per heavy atom. The fraction of sp³-hybridized carbons (Fsp3) is 0. The first kappa shape index (κ1) is 74.8. The van der Waals surface area contributed by atoms with E-state index in [-0.39, 0.29) is 40.2 Å². The van der Waals surface area contributed by atoms with Gasteiger partial charge in [-0.2, -0.15) is 0 Å². The van der Waals surface area contributed by atoms with Crippen LogP contribution >= 0.6 is 0 Å². The zero-order valence-corrected chi connectivity index (χ0v) is 67.2. The van der Waals surface area contributed by atoms with Crippen LogP contribution in [-0.4, -0.2) is 29.9 Å². The molecule has 8 heteroatoms. The molecule has 19 rings (SSSR count). The van der Waals surface area contributed by atoms with E-state index < -0.39 is 0 Å². The van der Waals surface area contributed by atoms with E-state index in [4.69, 9.17) is 29.9 Å². The molecule has 6 heterocycles. The average molecular weight is 1830 g/mol. The van der Waals surface area contributed by atoms with Gasteiger partial charge in [0, 0.05) is 37.2 Å². The summed E-state index contributed by atoms with van der Waals surface area (Å²) >= 11 is 0. The van der Waals surface area contributed by atoms with Crippen molar-refractivity contribution in [2.24, 2.45) is 0 Å².